The zero-order valence-corrected chi connectivity index (χ0v) is 57.6. The van der Waals surface area contributed by atoms with Crippen LogP contribution in [0.3, 0.4) is 0 Å². The first-order chi connectivity index (χ1) is 41.9. The zero-order chi connectivity index (χ0) is 66.6. The van der Waals surface area contributed by atoms with Gasteiger partial charge in [-0.1, -0.05) is 48.6 Å². The molecule has 89 heavy (non-hydrogen) atoms. The SMILES string of the molecule is C.C.C=CCO[C@H]1C(OC)[C@@H](COC)O[C@H]1C.CC.CC.COCCO[C@H]1C(OC)[C@@H](COC)O[C@H]1C.COC[C@H]1O[C@@H](C)[C@@H](F)C1OC.COC[C@H]1O[C@@H](C)[C@@H](OC)C1OC.COC[C@H]1O[C@@H](C)[C@@H](OCCN)C1OC.COC[C@H]1O[C@@H](C)[C@H](F)C1OC. The second-order valence-corrected chi connectivity index (χ2v) is 20.3. The summed E-state index contributed by atoms with van der Waals surface area (Å²) in [6, 6.07) is 0. The molecular formula is C63H131F2NO23. The molecule has 6 unspecified atom stereocenters. The quantitative estimate of drug-likeness (QED) is 0.0615. The highest BCUT2D eigenvalue weighted by Gasteiger charge is 2.47. The first-order valence-electron chi connectivity index (χ1n) is 30.4. The lowest BCUT2D eigenvalue weighted by molar-refractivity contribution is -0.0644. The third-order valence-electron chi connectivity index (χ3n) is 14.5. The molecule has 0 radical (unpaired) electrons. The molecule has 26 heteroatoms. The summed E-state index contributed by atoms with van der Waals surface area (Å²) < 4.78 is 149. The van der Waals surface area contributed by atoms with Gasteiger partial charge in [0.15, 0.2) is 12.3 Å². The van der Waals surface area contributed by atoms with Crippen LogP contribution in [-0.2, 0) is 109 Å². The normalized spacial score (nSPS) is 35.5. The Morgan fingerprint density at radius 2 is 0.562 bits per heavy atom. The van der Waals surface area contributed by atoms with E-state index in [4.69, 9.17) is 115 Å². The van der Waals surface area contributed by atoms with Crippen molar-refractivity contribution in [3.05, 3.63) is 12.7 Å². The maximum Gasteiger partial charge on any atom is 0.154 e. The van der Waals surface area contributed by atoms with Crippen molar-refractivity contribution in [2.45, 2.75) is 231 Å². The summed E-state index contributed by atoms with van der Waals surface area (Å²) in [7, 11) is 22.7. The van der Waals surface area contributed by atoms with Crippen LogP contribution >= 0.6 is 0 Å². The minimum atomic E-state index is -1.05. The van der Waals surface area contributed by atoms with Gasteiger partial charge in [0.2, 0.25) is 0 Å². The van der Waals surface area contributed by atoms with Gasteiger partial charge in [0, 0.05) is 106 Å². The molecule has 0 aromatic heterocycles. The summed E-state index contributed by atoms with van der Waals surface area (Å²) >= 11 is 0. The van der Waals surface area contributed by atoms with Crippen LogP contribution in [0.15, 0.2) is 12.7 Å². The average Bonchev–Trinajstić information content (AvgIpc) is 3.40. The second-order valence-electron chi connectivity index (χ2n) is 20.3. The lowest BCUT2D eigenvalue weighted by Crippen LogP contribution is -2.38. The van der Waals surface area contributed by atoms with Crippen LogP contribution in [0.2, 0.25) is 0 Å². The average molecular weight is 1310 g/mol. The minimum absolute atomic E-state index is 0. The van der Waals surface area contributed by atoms with Gasteiger partial charge in [-0.05, 0) is 41.5 Å². The summed E-state index contributed by atoms with van der Waals surface area (Å²) in [4.78, 5) is 0. The molecule has 2 N–H and O–H groups in total. The Labute approximate surface area is 537 Å². The Hall–Kier alpha value is -1.36. The smallest absolute Gasteiger partial charge is 0.154 e. The lowest BCUT2D eigenvalue weighted by Gasteiger charge is -2.22. The Morgan fingerprint density at radius 1 is 0.326 bits per heavy atom. The maximum atomic E-state index is 13.2. The molecule has 6 aliphatic heterocycles. The molecule has 0 aliphatic carbocycles. The van der Waals surface area contributed by atoms with E-state index in [2.05, 4.69) is 6.58 Å². The molecule has 540 valence electrons. The highest BCUT2D eigenvalue weighted by molar-refractivity contribution is 4.95. The predicted octanol–water partition coefficient (Wildman–Crippen LogP) is 6.57. The number of rotatable bonds is 29. The van der Waals surface area contributed by atoms with Crippen molar-refractivity contribution in [3.8, 4) is 0 Å². The number of methoxy groups -OCH3 is 14. The standard InChI is InChI=1S/C11H22O5.C11H20O4.C10H21NO4.C9H18O4.2C8H15FO3.2C2H6.2CH4/c1-8-10(15-6-5-12-2)11(14-4)9(16-8)7-13-3;1-5-6-14-10-8(2)15-9(7-12-3)11(10)13-4;1-7-9(14-5-4-11)10(13-3)8(15-7)6-12-2;1-6-8(11-3)9(12-4)7(13-6)5-10-2;2*1-5-7(9)8(11-3)6(12-5)4-10-2;2*1-2;;/h8-11H,5-7H2,1-4H3;5,8-11H,1,6-7H2,2-4H3;7-10H,4-6,11H2,1-3H3;6-9H,5H2,1-4H3;2*5-8H,4H2,1-3H3;2*1-2H3;2*1H4/t2*8-,9+,10+,11?;7-,8+,9+,10?;6-,7+,8+,9?;5-,6+,7+,8?;5-,6+,7-,8?;;;;/m000000..../s1. The molecule has 0 aromatic carbocycles. The fourth-order valence-electron chi connectivity index (χ4n) is 10.6. The molecule has 0 spiro atoms. The molecule has 24 atom stereocenters. The molecule has 0 aromatic rings. The van der Waals surface area contributed by atoms with Gasteiger partial charge in [-0.25, -0.2) is 8.78 Å². The number of nitrogens with two attached hydrogens (primary N) is 1. The van der Waals surface area contributed by atoms with Crippen LogP contribution < -0.4 is 5.73 Å². The minimum Gasteiger partial charge on any atom is -0.382 e. The van der Waals surface area contributed by atoms with Crippen molar-refractivity contribution < 1.29 is 118 Å². The molecule has 6 rings (SSSR count). The molecule has 6 fully saturated rings. The summed E-state index contributed by atoms with van der Waals surface area (Å²) in [6.45, 7) is 28.5. The topological polar surface area (TPSA) is 238 Å². The predicted molar refractivity (Wildman–Crippen MR) is 339 cm³/mol. The Morgan fingerprint density at radius 3 is 0.809 bits per heavy atom. The molecule has 0 amide bonds. The van der Waals surface area contributed by atoms with Crippen molar-refractivity contribution in [1.29, 1.82) is 0 Å². The van der Waals surface area contributed by atoms with Crippen LogP contribution in [0, 0.1) is 0 Å². The highest BCUT2D eigenvalue weighted by atomic mass is 19.1. The number of alkyl halides is 2. The fourth-order valence-corrected chi connectivity index (χ4v) is 10.6. The second kappa shape index (κ2) is 56.9. The zero-order valence-electron chi connectivity index (χ0n) is 57.6. The summed E-state index contributed by atoms with van der Waals surface area (Å²) in [5, 5.41) is 0. The number of hydrogen-bond acceptors (Lipinski definition) is 24. The van der Waals surface area contributed by atoms with Gasteiger partial charge in [-0.2, -0.15) is 0 Å². The maximum absolute atomic E-state index is 13.2. The van der Waals surface area contributed by atoms with E-state index in [0.29, 0.717) is 72.6 Å². The Kier molecular flexibility index (Phi) is 60.2. The molecule has 6 aliphatic rings. The van der Waals surface area contributed by atoms with Crippen molar-refractivity contribution in [1.82, 2.24) is 0 Å². The first-order valence-corrected chi connectivity index (χ1v) is 30.4. The molecule has 24 nitrogen and oxygen atoms in total. The van der Waals surface area contributed by atoms with E-state index in [-0.39, 0.29) is 125 Å². The Balaban J connectivity index is -0.000000480. The van der Waals surface area contributed by atoms with Gasteiger partial charge in [0.25, 0.3) is 0 Å². The number of hydrogen-bond donors (Lipinski definition) is 1. The van der Waals surface area contributed by atoms with Gasteiger partial charge >= 0.3 is 0 Å². The molecule has 0 bridgehead atoms. The van der Waals surface area contributed by atoms with E-state index in [9.17, 15) is 8.78 Å². The highest BCUT2D eigenvalue weighted by Crippen LogP contribution is 2.31. The van der Waals surface area contributed by atoms with Crippen molar-refractivity contribution in [3.63, 3.8) is 0 Å². The largest absolute Gasteiger partial charge is 0.382 e. The molecule has 6 heterocycles. The van der Waals surface area contributed by atoms with E-state index < -0.39 is 36.8 Å². The summed E-state index contributed by atoms with van der Waals surface area (Å²) in [6.07, 6.45) is -3.15. The van der Waals surface area contributed by atoms with Gasteiger partial charge in [0.1, 0.15) is 97.7 Å². The molecule has 0 saturated carbocycles. The monoisotopic (exact) mass is 1310 g/mol. The number of halogens is 2. The van der Waals surface area contributed by atoms with Crippen LogP contribution in [0.4, 0.5) is 8.78 Å². The lowest BCUT2D eigenvalue weighted by atomic mass is 10.1. The molecular weight excluding hydrogens is 1180 g/mol. The fraction of sp³-hybridized carbons (Fsp3) is 0.968. The molecule has 6 saturated heterocycles. The van der Waals surface area contributed by atoms with Gasteiger partial charge in [0.05, 0.1) is 103 Å². The van der Waals surface area contributed by atoms with Gasteiger partial charge in [-0.3, -0.25) is 0 Å². The van der Waals surface area contributed by atoms with Crippen LogP contribution in [0.1, 0.15) is 84.1 Å². The summed E-state index contributed by atoms with van der Waals surface area (Å²) in [5.74, 6) is 0. The van der Waals surface area contributed by atoms with Crippen molar-refractivity contribution in [2.75, 3.05) is 172 Å². The summed E-state index contributed by atoms with van der Waals surface area (Å²) in [5.41, 5.74) is 5.40. The third-order valence-corrected chi connectivity index (χ3v) is 14.5. The Bertz CT molecular complexity index is 1540. The van der Waals surface area contributed by atoms with Crippen molar-refractivity contribution in [2.24, 2.45) is 5.73 Å². The van der Waals surface area contributed by atoms with Crippen LogP contribution in [-0.4, -0.2) is 319 Å². The number of ether oxygens (including phenoxy) is 23. The first kappa shape index (κ1) is 94.0. The van der Waals surface area contributed by atoms with E-state index in [1.807, 2.05) is 55.4 Å². The van der Waals surface area contributed by atoms with Crippen LogP contribution in [0.25, 0.3) is 0 Å². The van der Waals surface area contributed by atoms with E-state index in [0.717, 1.165) is 0 Å². The van der Waals surface area contributed by atoms with Crippen LogP contribution in [0.5, 0.6) is 0 Å². The van der Waals surface area contributed by atoms with E-state index in [1.165, 1.54) is 14.2 Å². The van der Waals surface area contributed by atoms with E-state index in [1.54, 1.807) is 105 Å². The van der Waals surface area contributed by atoms with Gasteiger partial charge < -0.3 is 115 Å². The van der Waals surface area contributed by atoms with Crippen molar-refractivity contribution >= 4 is 0 Å². The van der Waals surface area contributed by atoms with E-state index >= 15 is 0 Å². The third kappa shape index (κ3) is 31.8. The van der Waals surface area contributed by atoms with Gasteiger partial charge in [-0.15, -0.1) is 6.58 Å².